The number of hydrogen-bond acceptors (Lipinski definition) is 6. The first-order valence-corrected chi connectivity index (χ1v) is 9.90. The van der Waals surface area contributed by atoms with Gasteiger partial charge in [0.1, 0.15) is 6.61 Å². The van der Waals surface area contributed by atoms with Crippen LogP contribution in [-0.4, -0.2) is 30.9 Å². The number of rotatable bonds is 5. The molecule has 2 amide bonds. The molecular formula is C24H16ClNO6. The second-order valence-electron chi connectivity index (χ2n) is 6.92. The van der Waals surface area contributed by atoms with Crippen LogP contribution >= 0.6 is 11.6 Å². The Morgan fingerprint density at radius 2 is 1.50 bits per heavy atom. The number of benzene rings is 3. The Hall–Kier alpha value is -3.97. The van der Waals surface area contributed by atoms with Crippen molar-refractivity contribution >= 4 is 41.0 Å². The zero-order valence-electron chi connectivity index (χ0n) is 16.8. The molecule has 8 heteroatoms. The Kier molecular flexibility index (Phi) is 5.75. The molecule has 0 radical (unpaired) electrons. The van der Waals surface area contributed by atoms with E-state index in [-0.39, 0.29) is 34.0 Å². The summed E-state index contributed by atoms with van der Waals surface area (Å²) in [6.07, 6.45) is 0. The summed E-state index contributed by atoms with van der Waals surface area (Å²) >= 11 is 6.15. The van der Waals surface area contributed by atoms with Crippen LogP contribution in [0.15, 0.2) is 66.7 Å². The lowest BCUT2D eigenvalue weighted by Crippen LogP contribution is -2.29. The first-order valence-electron chi connectivity index (χ1n) is 9.52. The molecule has 160 valence electrons. The lowest BCUT2D eigenvalue weighted by atomic mass is 10.1. The number of carbonyl (C=O) groups is 4. The molecule has 0 aliphatic carbocycles. The van der Waals surface area contributed by atoms with E-state index in [1.165, 1.54) is 25.3 Å². The number of ether oxygens (including phenoxy) is 2. The van der Waals surface area contributed by atoms with Crippen molar-refractivity contribution in [2.24, 2.45) is 0 Å². The second-order valence-corrected chi connectivity index (χ2v) is 7.33. The predicted octanol–water partition coefficient (Wildman–Crippen LogP) is 4.28. The highest BCUT2D eigenvalue weighted by molar-refractivity contribution is 6.39. The van der Waals surface area contributed by atoms with Crippen LogP contribution in [-0.2, 0) is 16.1 Å². The Morgan fingerprint density at radius 3 is 2.19 bits per heavy atom. The van der Waals surface area contributed by atoms with Gasteiger partial charge in [-0.15, -0.1) is 0 Å². The van der Waals surface area contributed by atoms with E-state index in [1.807, 2.05) is 0 Å². The lowest BCUT2D eigenvalue weighted by molar-refractivity contribution is 0.0471. The molecule has 1 aliphatic heterocycles. The maximum atomic E-state index is 12.9. The maximum Gasteiger partial charge on any atom is 0.338 e. The van der Waals surface area contributed by atoms with Crippen molar-refractivity contribution in [2.75, 3.05) is 12.0 Å². The average Bonchev–Trinajstić information content (AvgIpc) is 3.07. The number of hydrogen-bond donors (Lipinski definition) is 0. The third kappa shape index (κ3) is 3.86. The van der Waals surface area contributed by atoms with Crippen molar-refractivity contribution in [3.8, 4) is 0 Å². The predicted molar refractivity (Wildman–Crippen MR) is 116 cm³/mol. The van der Waals surface area contributed by atoms with Crippen LogP contribution in [0.5, 0.6) is 0 Å². The summed E-state index contributed by atoms with van der Waals surface area (Å²) in [7, 11) is 1.29. The number of methoxy groups -OCH3 is 1. The smallest absolute Gasteiger partial charge is 0.338 e. The van der Waals surface area contributed by atoms with Gasteiger partial charge in [-0.1, -0.05) is 35.9 Å². The second kappa shape index (κ2) is 8.64. The molecule has 1 heterocycles. The van der Waals surface area contributed by atoms with E-state index in [0.717, 1.165) is 4.90 Å². The van der Waals surface area contributed by atoms with E-state index in [0.29, 0.717) is 11.1 Å². The Morgan fingerprint density at radius 1 is 0.844 bits per heavy atom. The first kappa shape index (κ1) is 21.3. The lowest BCUT2D eigenvalue weighted by Gasteiger charge is -2.15. The number of imide groups is 1. The van der Waals surface area contributed by atoms with Gasteiger partial charge in [-0.2, -0.15) is 0 Å². The normalized spacial score (nSPS) is 12.5. The van der Waals surface area contributed by atoms with Crippen molar-refractivity contribution in [3.63, 3.8) is 0 Å². The van der Waals surface area contributed by atoms with E-state index in [4.69, 9.17) is 16.3 Å². The summed E-state index contributed by atoms with van der Waals surface area (Å²) in [4.78, 5) is 50.6. The van der Waals surface area contributed by atoms with Gasteiger partial charge in [0, 0.05) is 0 Å². The molecule has 0 spiro atoms. The minimum Gasteiger partial charge on any atom is -0.465 e. The summed E-state index contributed by atoms with van der Waals surface area (Å²) in [6, 6.07) is 17.2. The monoisotopic (exact) mass is 449 g/mol. The minimum absolute atomic E-state index is 0.0318. The SMILES string of the molecule is COC(=O)c1ccc(COC(=O)c2ccc3c(c2)C(=O)N(c2ccccc2Cl)C3=O)cc1. The van der Waals surface area contributed by atoms with Crippen LogP contribution in [0.3, 0.4) is 0 Å². The molecule has 0 saturated heterocycles. The van der Waals surface area contributed by atoms with Crippen LogP contribution in [0.1, 0.15) is 47.0 Å². The molecule has 0 N–H and O–H groups in total. The van der Waals surface area contributed by atoms with Gasteiger partial charge < -0.3 is 9.47 Å². The van der Waals surface area contributed by atoms with E-state index in [9.17, 15) is 19.2 Å². The van der Waals surface area contributed by atoms with Crippen molar-refractivity contribution in [3.05, 3.63) is 99.6 Å². The van der Waals surface area contributed by atoms with Crippen LogP contribution < -0.4 is 4.90 Å². The quantitative estimate of drug-likeness (QED) is 0.426. The van der Waals surface area contributed by atoms with Crippen molar-refractivity contribution in [1.82, 2.24) is 0 Å². The molecule has 0 fully saturated rings. The molecule has 0 unspecified atom stereocenters. The molecular weight excluding hydrogens is 434 g/mol. The van der Waals surface area contributed by atoms with Gasteiger partial charge in [-0.05, 0) is 48.0 Å². The van der Waals surface area contributed by atoms with E-state index in [1.54, 1.807) is 48.5 Å². The molecule has 0 saturated carbocycles. The number of anilines is 1. The molecule has 0 atom stereocenters. The molecule has 0 bridgehead atoms. The molecule has 4 rings (SSSR count). The number of halogens is 1. The van der Waals surface area contributed by atoms with Crippen LogP contribution in [0.2, 0.25) is 5.02 Å². The van der Waals surface area contributed by atoms with Gasteiger partial charge in [0.2, 0.25) is 0 Å². The Bertz CT molecular complexity index is 1250. The highest BCUT2D eigenvalue weighted by Crippen LogP contribution is 2.33. The summed E-state index contributed by atoms with van der Waals surface area (Å²) in [5, 5.41) is 0.264. The third-order valence-electron chi connectivity index (χ3n) is 4.96. The Labute approximate surface area is 188 Å². The summed E-state index contributed by atoms with van der Waals surface area (Å²) in [6.45, 7) is -0.0318. The fraction of sp³-hybridized carbons (Fsp3) is 0.0833. The first-order chi connectivity index (χ1) is 15.4. The van der Waals surface area contributed by atoms with Gasteiger partial charge >= 0.3 is 11.9 Å². The number of nitrogens with zero attached hydrogens (tertiary/aromatic N) is 1. The van der Waals surface area contributed by atoms with Gasteiger partial charge in [-0.3, -0.25) is 9.59 Å². The number of carbonyl (C=O) groups excluding carboxylic acids is 4. The Balaban J connectivity index is 1.50. The van der Waals surface area contributed by atoms with E-state index >= 15 is 0 Å². The molecule has 0 aromatic heterocycles. The number of fused-ring (bicyclic) bond motifs is 1. The van der Waals surface area contributed by atoms with Crippen molar-refractivity contribution in [1.29, 1.82) is 0 Å². The van der Waals surface area contributed by atoms with Crippen molar-refractivity contribution < 1.29 is 28.7 Å². The number of esters is 2. The molecule has 32 heavy (non-hydrogen) atoms. The van der Waals surface area contributed by atoms with Crippen LogP contribution in [0.4, 0.5) is 5.69 Å². The molecule has 3 aromatic rings. The van der Waals surface area contributed by atoms with E-state index < -0.39 is 23.8 Å². The zero-order valence-corrected chi connectivity index (χ0v) is 17.6. The topological polar surface area (TPSA) is 90.0 Å². The van der Waals surface area contributed by atoms with Crippen molar-refractivity contribution in [2.45, 2.75) is 6.61 Å². The number of para-hydroxylation sites is 1. The summed E-state index contributed by atoms with van der Waals surface area (Å²) in [5.74, 6) is -2.19. The highest BCUT2D eigenvalue weighted by atomic mass is 35.5. The summed E-state index contributed by atoms with van der Waals surface area (Å²) < 4.78 is 9.95. The minimum atomic E-state index is -0.652. The summed E-state index contributed by atoms with van der Waals surface area (Å²) in [5.41, 5.74) is 1.75. The highest BCUT2D eigenvalue weighted by Gasteiger charge is 2.38. The molecule has 7 nitrogen and oxygen atoms in total. The fourth-order valence-electron chi connectivity index (χ4n) is 3.31. The molecule has 1 aliphatic rings. The van der Waals surface area contributed by atoms with Gasteiger partial charge in [0.25, 0.3) is 11.8 Å². The van der Waals surface area contributed by atoms with E-state index in [2.05, 4.69) is 4.74 Å². The fourth-order valence-corrected chi connectivity index (χ4v) is 3.53. The van der Waals surface area contributed by atoms with Crippen LogP contribution in [0, 0.1) is 0 Å². The zero-order chi connectivity index (χ0) is 22.8. The number of amides is 2. The van der Waals surface area contributed by atoms with Gasteiger partial charge in [0.05, 0.1) is 40.1 Å². The van der Waals surface area contributed by atoms with Gasteiger partial charge in [0.15, 0.2) is 0 Å². The standard InChI is InChI=1S/C24H16ClNO6/c1-31-23(29)15-8-6-14(7-9-15)13-32-24(30)16-10-11-17-18(12-16)22(28)26(21(17)27)20-5-3-2-4-19(20)25/h2-12H,13H2,1H3. The largest absolute Gasteiger partial charge is 0.465 e. The van der Waals surface area contributed by atoms with Gasteiger partial charge in [-0.25, -0.2) is 14.5 Å². The third-order valence-corrected chi connectivity index (χ3v) is 5.28. The maximum absolute atomic E-state index is 12.9. The molecule has 3 aromatic carbocycles. The average molecular weight is 450 g/mol. The van der Waals surface area contributed by atoms with Crippen LogP contribution in [0.25, 0.3) is 0 Å².